The van der Waals surface area contributed by atoms with Gasteiger partial charge in [0.25, 0.3) is 5.91 Å². The van der Waals surface area contributed by atoms with Crippen LogP contribution >= 0.6 is 11.3 Å². The zero-order chi connectivity index (χ0) is 11.8. The maximum atomic E-state index is 11.9. The van der Waals surface area contributed by atoms with Crippen molar-refractivity contribution in [3.63, 3.8) is 0 Å². The van der Waals surface area contributed by atoms with Crippen molar-refractivity contribution in [1.29, 1.82) is 0 Å². The highest BCUT2D eigenvalue weighted by atomic mass is 32.1. The van der Waals surface area contributed by atoms with Crippen LogP contribution < -0.4 is 5.32 Å². The second-order valence-corrected chi connectivity index (χ2v) is 4.91. The lowest BCUT2D eigenvalue weighted by Crippen LogP contribution is -2.59. The molecule has 0 saturated heterocycles. The molecule has 2 N–H and O–H groups in total. The minimum atomic E-state index is -1.02. The Labute approximate surface area is 97.3 Å². The molecule has 0 radical (unpaired) electrons. The summed E-state index contributed by atoms with van der Waals surface area (Å²) in [4.78, 5) is 23.0. The van der Waals surface area contributed by atoms with E-state index in [1.165, 1.54) is 11.3 Å². The van der Waals surface area contributed by atoms with Crippen molar-refractivity contribution < 1.29 is 14.7 Å². The molecule has 86 valence electrons. The molecule has 0 atom stereocenters. The Hall–Kier alpha value is -1.36. The quantitative estimate of drug-likeness (QED) is 0.845. The van der Waals surface area contributed by atoms with Gasteiger partial charge in [0.15, 0.2) is 0 Å². The van der Waals surface area contributed by atoms with Gasteiger partial charge >= 0.3 is 5.97 Å². The maximum absolute atomic E-state index is 11.9. The van der Waals surface area contributed by atoms with E-state index in [0.717, 1.165) is 12.0 Å². The van der Waals surface area contributed by atoms with Gasteiger partial charge in [0.05, 0.1) is 5.56 Å². The summed E-state index contributed by atoms with van der Waals surface area (Å²) in [7, 11) is 0. The summed E-state index contributed by atoms with van der Waals surface area (Å²) < 4.78 is 0. The number of thiophene rings is 1. The second kappa shape index (κ2) is 3.90. The topological polar surface area (TPSA) is 66.4 Å². The molecule has 16 heavy (non-hydrogen) atoms. The van der Waals surface area contributed by atoms with Gasteiger partial charge in [0.2, 0.25) is 0 Å². The maximum Gasteiger partial charge on any atom is 0.329 e. The fourth-order valence-corrected chi connectivity index (χ4v) is 2.63. The van der Waals surface area contributed by atoms with E-state index in [9.17, 15) is 9.59 Å². The van der Waals surface area contributed by atoms with E-state index in [0.29, 0.717) is 18.4 Å². The van der Waals surface area contributed by atoms with Crippen LogP contribution in [0.2, 0.25) is 0 Å². The SMILES string of the molecule is Cc1cscc1C(=O)NC1(C(=O)O)CCC1. The third kappa shape index (κ3) is 1.71. The van der Waals surface area contributed by atoms with Crippen molar-refractivity contribution in [2.45, 2.75) is 31.7 Å². The summed E-state index contributed by atoms with van der Waals surface area (Å²) in [5.41, 5.74) is 0.450. The van der Waals surface area contributed by atoms with Crippen molar-refractivity contribution in [3.8, 4) is 0 Å². The number of carbonyl (C=O) groups excluding carboxylic acids is 1. The highest BCUT2D eigenvalue weighted by Gasteiger charge is 2.45. The number of amides is 1. The molecule has 0 bridgehead atoms. The molecule has 1 amide bonds. The number of carboxylic acid groups (broad SMARTS) is 1. The Bertz CT molecular complexity index is 434. The predicted molar refractivity (Wildman–Crippen MR) is 60.7 cm³/mol. The first-order valence-electron chi connectivity index (χ1n) is 5.14. The number of rotatable bonds is 3. The molecule has 2 rings (SSSR count). The number of aliphatic carboxylic acids is 1. The van der Waals surface area contributed by atoms with Crippen LogP contribution in [0, 0.1) is 6.92 Å². The summed E-state index contributed by atoms with van der Waals surface area (Å²) in [5.74, 6) is -1.21. The van der Waals surface area contributed by atoms with Gasteiger partial charge in [0, 0.05) is 5.38 Å². The molecule has 0 unspecified atom stereocenters. The largest absolute Gasteiger partial charge is 0.480 e. The average molecular weight is 239 g/mol. The van der Waals surface area contributed by atoms with Crippen LogP contribution in [0.15, 0.2) is 10.8 Å². The lowest BCUT2D eigenvalue weighted by molar-refractivity contribution is -0.148. The third-order valence-electron chi connectivity index (χ3n) is 3.07. The number of carboxylic acids is 1. The average Bonchev–Trinajstić information content (AvgIpc) is 2.57. The van der Waals surface area contributed by atoms with E-state index >= 15 is 0 Å². The van der Waals surface area contributed by atoms with Crippen molar-refractivity contribution in [3.05, 3.63) is 21.9 Å². The molecular formula is C11H13NO3S. The van der Waals surface area contributed by atoms with Crippen LogP contribution in [-0.2, 0) is 4.79 Å². The molecule has 1 fully saturated rings. The molecule has 1 aliphatic carbocycles. The van der Waals surface area contributed by atoms with Gasteiger partial charge in [-0.05, 0) is 37.1 Å². The number of hydrogen-bond donors (Lipinski definition) is 2. The zero-order valence-electron chi connectivity index (χ0n) is 8.95. The normalized spacial score (nSPS) is 17.6. The summed E-state index contributed by atoms with van der Waals surface area (Å²) in [5, 5.41) is 15.4. The smallest absolute Gasteiger partial charge is 0.329 e. The Kier molecular flexibility index (Phi) is 2.71. The highest BCUT2D eigenvalue weighted by molar-refractivity contribution is 7.08. The van der Waals surface area contributed by atoms with Crippen LogP contribution in [-0.4, -0.2) is 22.5 Å². The summed E-state index contributed by atoms with van der Waals surface area (Å²) in [6, 6.07) is 0. The van der Waals surface area contributed by atoms with E-state index in [4.69, 9.17) is 5.11 Å². The Morgan fingerprint density at radius 3 is 2.50 bits per heavy atom. The number of aryl methyl sites for hydroxylation is 1. The minimum Gasteiger partial charge on any atom is -0.480 e. The van der Waals surface area contributed by atoms with Crippen molar-refractivity contribution in [1.82, 2.24) is 5.32 Å². The number of nitrogens with one attached hydrogen (secondary N) is 1. The van der Waals surface area contributed by atoms with Crippen LogP contribution in [0.5, 0.6) is 0 Å². The van der Waals surface area contributed by atoms with Gasteiger partial charge < -0.3 is 10.4 Å². The Morgan fingerprint density at radius 1 is 1.44 bits per heavy atom. The van der Waals surface area contributed by atoms with Gasteiger partial charge in [0.1, 0.15) is 5.54 Å². The van der Waals surface area contributed by atoms with Crippen LogP contribution in [0.3, 0.4) is 0 Å². The Balaban J connectivity index is 2.13. The van der Waals surface area contributed by atoms with Gasteiger partial charge in [-0.1, -0.05) is 0 Å². The molecule has 0 aliphatic heterocycles. The lowest BCUT2D eigenvalue weighted by Gasteiger charge is -2.38. The summed E-state index contributed by atoms with van der Waals surface area (Å²) >= 11 is 1.45. The van der Waals surface area contributed by atoms with Gasteiger partial charge in [-0.25, -0.2) is 4.79 Å². The van der Waals surface area contributed by atoms with E-state index in [1.807, 2.05) is 12.3 Å². The first kappa shape index (κ1) is 11.1. The number of hydrogen-bond acceptors (Lipinski definition) is 3. The number of carbonyl (C=O) groups is 2. The fraction of sp³-hybridized carbons (Fsp3) is 0.455. The molecular weight excluding hydrogens is 226 g/mol. The molecule has 1 aromatic rings. The lowest BCUT2D eigenvalue weighted by atomic mass is 9.76. The molecule has 0 spiro atoms. The van der Waals surface area contributed by atoms with Crippen LogP contribution in [0.1, 0.15) is 35.2 Å². The van der Waals surface area contributed by atoms with Crippen LogP contribution in [0.4, 0.5) is 0 Å². The molecule has 0 aromatic carbocycles. The molecule has 1 saturated carbocycles. The highest BCUT2D eigenvalue weighted by Crippen LogP contribution is 2.32. The summed E-state index contributed by atoms with van der Waals surface area (Å²) in [6.07, 6.45) is 1.91. The van der Waals surface area contributed by atoms with E-state index in [-0.39, 0.29) is 5.91 Å². The molecule has 1 aromatic heterocycles. The summed E-state index contributed by atoms with van der Waals surface area (Å²) in [6.45, 7) is 1.85. The van der Waals surface area contributed by atoms with Crippen molar-refractivity contribution in [2.75, 3.05) is 0 Å². The van der Waals surface area contributed by atoms with Crippen molar-refractivity contribution in [2.24, 2.45) is 0 Å². The molecule has 4 nitrogen and oxygen atoms in total. The first-order valence-corrected chi connectivity index (χ1v) is 6.08. The molecule has 1 heterocycles. The van der Waals surface area contributed by atoms with E-state index in [2.05, 4.69) is 5.32 Å². The monoisotopic (exact) mass is 239 g/mol. The van der Waals surface area contributed by atoms with Gasteiger partial charge in [-0.3, -0.25) is 4.79 Å². The second-order valence-electron chi connectivity index (χ2n) is 4.16. The third-order valence-corrected chi connectivity index (χ3v) is 3.93. The fourth-order valence-electron chi connectivity index (χ4n) is 1.80. The van der Waals surface area contributed by atoms with Gasteiger partial charge in [-0.2, -0.15) is 11.3 Å². The molecule has 1 aliphatic rings. The first-order chi connectivity index (χ1) is 7.55. The van der Waals surface area contributed by atoms with E-state index < -0.39 is 11.5 Å². The van der Waals surface area contributed by atoms with Crippen LogP contribution in [0.25, 0.3) is 0 Å². The predicted octanol–water partition coefficient (Wildman–Crippen LogP) is 1.79. The zero-order valence-corrected chi connectivity index (χ0v) is 9.76. The van der Waals surface area contributed by atoms with E-state index in [1.54, 1.807) is 5.38 Å². The van der Waals surface area contributed by atoms with Gasteiger partial charge in [-0.15, -0.1) is 0 Å². The Morgan fingerprint density at radius 2 is 2.12 bits per heavy atom. The standard InChI is InChI=1S/C11H13NO3S/c1-7-5-16-6-8(7)9(13)12-11(10(14)15)3-2-4-11/h5-6H,2-4H2,1H3,(H,12,13)(H,14,15). The minimum absolute atomic E-state index is 0.277. The van der Waals surface area contributed by atoms with Crippen molar-refractivity contribution >= 4 is 23.2 Å². The molecule has 5 heteroatoms.